The molecule has 3 aromatic rings. The smallest absolute Gasteiger partial charge is 0.235 e. The van der Waals surface area contributed by atoms with E-state index in [4.69, 9.17) is 0 Å². The fourth-order valence-corrected chi connectivity index (χ4v) is 4.59. The Labute approximate surface area is 183 Å². The lowest BCUT2D eigenvalue weighted by Gasteiger charge is -2.36. The Morgan fingerprint density at radius 1 is 1.09 bits per heavy atom. The number of sulfonamides is 1. The lowest BCUT2D eigenvalue weighted by atomic mass is 9.74. The van der Waals surface area contributed by atoms with Gasteiger partial charge in [0, 0.05) is 17.5 Å². The predicted octanol–water partition coefficient (Wildman–Crippen LogP) is 3.55. The summed E-state index contributed by atoms with van der Waals surface area (Å²) in [6, 6.07) is 7.60. The van der Waals surface area contributed by atoms with E-state index in [9.17, 15) is 26.4 Å². The number of aromatic amines is 1. The van der Waals surface area contributed by atoms with E-state index in [0.717, 1.165) is 6.07 Å². The molecule has 1 amide bonds. The van der Waals surface area contributed by atoms with Crippen LogP contribution in [0.15, 0.2) is 36.4 Å². The summed E-state index contributed by atoms with van der Waals surface area (Å²) in [6.45, 7) is 1.13. The molecule has 3 N–H and O–H groups in total. The van der Waals surface area contributed by atoms with E-state index in [0.29, 0.717) is 35.0 Å². The number of benzene rings is 2. The topological polar surface area (TPSA) is 91.1 Å². The molecular weight excluding hydrogens is 443 g/mol. The Morgan fingerprint density at radius 2 is 1.78 bits per heavy atom. The molecule has 10 heteroatoms. The highest BCUT2D eigenvalue weighted by Crippen LogP contribution is 2.45. The monoisotopic (exact) mass is 465 g/mol. The quantitative estimate of drug-likeness (QED) is 0.498. The van der Waals surface area contributed by atoms with Crippen molar-refractivity contribution in [2.45, 2.75) is 31.7 Å². The lowest BCUT2D eigenvalue weighted by Crippen LogP contribution is -2.47. The predicted molar refractivity (Wildman–Crippen MR) is 115 cm³/mol. The average molecular weight is 465 g/mol. The van der Waals surface area contributed by atoms with Crippen molar-refractivity contribution in [3.8, 4) is 11.3 Å². The second-order valence-electron chi connectivity index (χ2n) is 7.89. The van der Waals surface area contributed by atoms with Gasteiger partial charge in [-0.2, -0.15) is 0 Å². The van der Waals surface area contributed by atoms with Crippen LogP contribution in [-0.4, -0.2) is 37.6 Å². The summed E-state index contributed by atoms with van der Waals surface area (Å²) in [6.07, 6.45) is 1.04. The summed E-state index contributed by atoms with van der Waals surface area (Å²) in [7, 11) is -3.47. The maximum Gasteiger partial charge on any atom is 0.235 e. The zero-order valence-electron chi connectivity index (χ0n) is 17.2. The minimum atomic E-state index is -3.47. The first-order valence-electron chi connectivity index (χ1n) is 10.2. The number of hydrogen-bond acceptors (Lipinski definition) is 3. The van der Waals surface area contributed by atoms with Crippen LogP contribution >= 0.6 is 0 Å². The molecule has 1 aliphatic carbocycles. The molecule has 32 heavy (non-hydrogen) atoms. The molecule has 2 aromatic carbocycles. The van der Waals surface area contributed by atoms with Crippen molar-refractivity contribution in [3.63, 3.8) is 0 Å². The maximum absolute atomic E-state index is 14.4. The van der Waals surface area contributed by atoms with Gasteiger partial charge in [0.2, 0.25) is 15.9 Å². The van der Waals surface area contributed by atoms with Crippen LogP contribution in [0.5, 0.6) is 0 Å². The van der Waals surface area contributed by atoms with Gasteiger partial charge in [-0.1, -0.05) is 0 Å². The summed E-state index contributed by atoms with van der Waals surface area (Å²) in [5.74, 6) is -2.49. The molecule has 6 nitrogen and oxygen atoms in total. The first-order chi connectivity index (χ1) is 15.2. The zero-order chi connectivity index (χ0) is 23.0. The van der Waals surface area contributed by atoms with Gasteiger partial charge in [-0.05, 0) is 67.1 Å². The molecule has 0 atom stereocenters. The Bertz CT molecular complexity index is 1270. The molecule has 1 aromatic heterocycles. The molecule has 0 saturated heterocycles. The Morgan fingerprint density at radius 3 is 2.44 bits per heavy atom. The number of fused-ring (bicyclic) bond motifs is 1. The zero-order valence-corrected chi connectivity index (χ0v) is 18.0. The van der Waals surface area contributed by atoms with Gasteiger partial charge in [0.1, 0.15) is 17.5 Å². The van der Waals surface area contributed by atoms with E-state index >= 15 is 0 Å². The number of nitrogens with one attached hydrogen (secondary N) is 3. The minimum Gasteiger partial charge on any atom is -0.352 e. The molecule has 0 unspecified atom stereocenters. The standard InChI is InChI=1S/C22H22F3N3O3S/c1-2-32(30,31)26-11-19(29)27-16-7-13(8-16)20-17-9-15(24)10-18(25)22(17)28-21(20)12-3-5-14(23)6-4-12/h3-6,9-10,13,16,26,28H,2,7-8,11H2,1H3,(H,27,29)/t13-,16+. The number of rotatable bonds is 7. The molecule has 0 bridgehead atoms. The summed E-state index contributed by atoms with van der Waals surface area (Å²) in [4.78, 5) is 15.1. The van der Waals surface area contributed by atoms with E-state index in [-0.39, 0.29) is 29.8 Å². The second-order valence-corrected chi connectivity index (χ2v) is 9.98. The van der Waals surface area contributed by atoms with Crippen LogP contribution in [-0.2, 0) is 14.8 Å². The third kappa shape index (κ3) is 4.51. The lowest BCUT2D eigenvalue weighted by molar-refractivity contribution is -0.121. The highest BCUT2D eigenvalue weighted by atomic mass is 32.2. The third-order valence-electron chi connectivity index (χ3n) is 5.74. The van der Waals surface area contributed by atoms with Crippen LogP contribution in [0.4, 0.5) is 13.2 Å². The van der Waals surface area contributed by atoms with E-state index in [2.05, 4.69) is 15.0 Å². The third-order valence-corrected chi connectivity index (χ3v) is 7.09. The number of carbonyl (C=O) groups is 1. The fraction of sp³-hybridized carbons (Fsp3) is 0.318. The highest BCUT2D eigenvalue weighted by molar-refractivity contribution is 7.89. The fourth-order valence-electron chi connectivity index (χ4n) is 4.04. The molecule has 1 saturated carbocycles. The first kappa shape index (κ1) is 22.3. The van der Waals surface area contributed by atoms with E-state index in [1.807, 2.05) is 0 Å². The maximum atomic E-state index is 14.4. The van der Waals surface area contributed by atoms with Crippen molar-refractivity contribution in [2.75, 3.05) is 12.3 Å². The molecule has 1 heterocycles. The van der Waals surface area contributed by atoms with Gasteiger partial charge < -0.3 is 10.3 Å². The van der Waals surface area contributed by atoms with Crippen molar-refractivity contribution in [2.24, 2.45) is 0 Å². The summed E-state index contributed by atoms with van der Waals surface area (Å²) >= 11 is 0. The molecule has 4 rings (SSSR count). The van der Waals surface area contributed by atoms with Crippen LogP contribution in [0, 0.1) is 17.5 Å². The number of carbonyl (C=O) groups excluding carboxylic acids is 1. The van der Waals surface area contributed by atoms with Crippen molar-refractivity contribution in [3.05, 3.63) is 59.4 Å². The second kappa shape index (κ2) is 8.59. The van der Waals surface area contributed by atoms with Gasteiger partial charge in [0.25, 0.3) is 0 Å². The normalized spacial score (nSPS) is 18.5. The first-order valence-corrected chi connectivity index (χ1v) is 11.9. The van der Waals surface area contributed by atoms with Gasteiger partial charge in [-0.15, -0.1) is 0 Å². The van der Waals surface area contributed by atoms with Gasteiger partial charge in [0.05, 0.1) is 23.5 Å². The molecule has 0 spiro atoms. The summed E-state index contributed by atoms with van der Waals surface area (Å²) in [5.41, 5.74) is 2.10. The number of halogens is 3. The SMILES string of the molecule is CCS(=O)(=O)NCC(=O)N[C@H]1C[C@@H](c2c(-c3ccc(F)cc3)[nH]c3c(F)cc(F)cc32)C1. The van der Waals surface area contributed by atoms with Crippen molar-refractivity contribution >= 4 is 26.8 Å². The van der Waals surface area contributed by atoms with E-state index < -0.39 is 33.4 Å². The van der Waals surface area contributed by atoms with Crippen LogP contribution in [0.2, 0.25) is 0 Å². The Balaban J connectivity index is 1.56. The van der Waals surface area contributed by atoms with Gasteiger partial charge in [0.15, 0.2) is 0 Å². The van der Waals surface area contributed by atoms with Crippen molar-refractivity contribution in [1.29, 1.82) is 0 Å². The largest absolute Gasteiger partial charge is 0.352 e. The number of aromatic nitrogens is 1. The number of H-pyrrole nitrogens is 1. The van der Waals surface area contributed by atoms with Crippen LogP contribution in [0.25, 0.3) is 22.2 Å². The van der Waals surface area contributed by atoms with Crippen molar-refractivity contribution < 1.29 is 26.4 Å². The molecule has 0 aliphatic heterocycles. The van der Waals surface area contributed by atoms with E-state index in [1.165, 1.54) is 25.1 Å². The summed E-state index contributed by atoms with van der Waals surface area (Å²) in [5, 5.41) is 3.18. The molecule has 170 valence electrons. The molecular formula is C22H22F3N3O3S. The molecule has 0 radical (unpaired) electrons. The van der Waals surface area contributed by atoms with Gasteiger partial charge in [-0.25, -0.2) is 26.3 Å². The van der Waals surface area contributed by atoms with Gasteiger partial charge in [-0.3, -0.25) is 4.79 Å². The highest BCUT2D eigenvalue weighted by Gasteiger charge is 2.35. The van der Waals surface area contributed by atoms with Crippen LogP contribution < -0.4 is 10.0 Å². The van der Waals surface area contributed by atoms with Gasteiger partial charge >= 0.3 is 0 Å². The Hall–Kier alpha value is -2.85. The van der Waals surface area contributed by atoms with Crippen LogP contribution in [0.1, 0.15) is 31.2 Å². The van der Waals surface area contributed by atoms with E-state index in [1.54, 1.807) is 12.1 Å². The average Bonchev–Trinajstić information content (AvgIpc) is 3.08. The Kier molecular flexibility index (Phi) is 6.00. The minimum absolute atomic E-state index is 0.0948. The number of hydrogen-bond donors (Lipinski definition) is 3. The summed E-state index contributed by atoms with van der Waals surface area (Å²) < 4.78 is 66.9. The molecule has 1 aliphatic rings. The molecule has 1 fully saturated rings. The van der Waals surface area contributed by atoms with Crippen molar-refractivity contribution in [1.82, 2.24) is 15.0 Å². The van der Waals surface area contributed by atoms with Crippen LogP contribution in [0.3, 0.4) is 0 Å². The number of amides is 1.